The summed E-state index contributed by atoms with van der Waals surface area (Å²) in [4.78, 5) is 51.0. The Kier molecular flexibility index (Phi) is 8.27. The van der Waals surface area contributed by atoms with Gasteiger partial charge in [-0.1, -0.05) is 60.7 Å². The van der Waals surface area contributed by atoms with Crippen molar-refractivity contribution in [2.24, 2.45) is 11.8 Å². The van der Waals surface area contributed by atoms with Crippen molar-refractivity contribution in [2.75, 3.05) is 13.2 Å². The quantitative estimate of drug-likeness (QED) is 0.347. The zero-order valence-electron chi connectivity index (χ0n) is 16.5. The summed E-state index contributed by atoms with van der Waals surface area (Å²) in [5, 5.41) is 0. The Bertz CT molecular complexity index is 773. The van der Waals surface area contributed by atoms with Crippen LogP contribution in [0.3, 0.4) is 0 Å². The molecule has 2 aromatic rings. The first-order valence-corrected chi connectivity index (χ1v) is 9.51. The topological polar surface area (TPSA) is 86.7 Å². The number of carbonyl (C=O) groups excluding carboxylic acids is 4. The fraction of sp³-hybridized carbons (Fsp3) is 0.304. The molecule has 0 aliphatic carbocycles. The van der Waals surface area contributed by atoms with Gasteiger partial charge in [0.2, 0.25) is 0 Å². The van der Waals surface area contributed by atoms with Gasteiger partial charge in [0, 0.05) is 11.1 Å². The number of Topliss-reactive ketones (excluding diaryl/α,β-unsaturated/α-hetero) is 2. The number of ketones is 2. The zero-order valence-corrected chi connectivity index (χ0v) is 16.5. The summed E-state index contributed by atoms with van der Waals surface area (Å²) >= 11 is 0. The van der Waals surface area contributed by atoms with Crippen LogP contribution in [-0.2, 0) is 19.1 Å². The smallest absolute Gasteiger partial charge is 0.316 e. The third-order valence-electron chi connectivity index (χ3n) is 4.36. The normalized spacial score (nSPS) is 12.5. The van der Waals surface area contributed by atoms with Crippen molar-refractivity contribution in [3.8, 4) is 0 Å². The predicted molar refractivity (Wildman–Crippen MR) is 106 cm³/mol. The Morgan fingerprint density at radius 1 is 0.655 bits per heavy atom. The van der Waals surface area contributed by atoms with Gasteiger partial charge in [-0.2, -0.15) is 0 Å². The van der Waals surface area contributed by atoms with E-state index in [1.54, 1.807) is 74.5 Å². The van der Waals surface area contributed by atoms with Crippen molar-refractivity contribution in [1.82, 2.24) is 0 Å². The lowest BCUT2D eigenvalue weighted by Crippen LogP contribution is -2.35. The first kappa shape index (κ1) is 22.0. The minimum Gasteiger partial charge on any atom is -0.465 e. The Morgan fingerprint density at radius 2 is 1.00 bits per heavy atom. The van der Waals surface area contributed by atoms with E-state index in [1.807, 2.05) is 0 Å². The highest BCUT2D eigenvalue weighted by Crippen LogP contribution is 2.24. The molecule has 0 heterocycles. The average molecular weight is 396 g/mol. The summed E-state index contributed by atoms with van der Waals surface area (Å²) in [6, 6.07) is 16.5. The molecule has 0 N–H and O–H groups in total. The molecule has 0 saturated carbocycles. The molecular formula is C23H24O6. The molecule has 0 spiro atoms. The van der Waals surface area contributed by atoms with E-state index in [0.717, 1.165) is 0 Å². The van der Waals surface area contributed by atoms with Crippen LogP contribution in [0.1, 0.15) is 41.0 Å². The van der Waals surface area contributed by atoms with Gasteiger partial charge in [0.1, 0.15) is 11.8 Å². The molecule has 2 aromatic carbocycles. The van der Waals surface area contributed by atoms with Crippen molar-refractivity contribution in [3.63, 3.8) is 0 Å². The molecule has 2 atom stereocenters. The van der Waals surface area contributed by atoms with Gasteiger partial charge in [0.25, 0.3) is 0 Å². The summed E-state index contributed by atoms with van der Waals surface area (Å²) in [6.07, 6.45) is -0.320. The maximum absolute atomic E-state index is 13.0. The summed E-state index contributed by atoms with van der Waals surface area (Å²) in [6.45, 7) is 3.40. The molecule has 0 unspecified atom stereocenters. The molecule has 0 aliphatic rings. The Labute approximate surface area is 169 Å². The molecule has 0 aliphatic heterocycles. The summed E-state index contributed by atoms with van der Waals surface area (Å²) in [7, 11) is 0. The molecule has 0 fully saturated rings. The average Bonchev–Trinajstić information content (AvgIpc) is 2.75. The fourth-order valence-electron chi connectivity index (χ4n) is 2.95. The van der Waals surface area contributed by atoms with Crippen molar-refractivity contribution < 1.29 is 28.7 Å². The number of carbonyl (C=O) groups is 4. The van der Waals surface area contributed by atoms with Crippen molar-refractivity contribution in [2.45, 2.75) is 20.3 Å². The number of hydrogen-bond donors (Lipinski definition) is 0. The van der Waals surface area contributed by atoms with Crippen LogP contribution in [0.15, 0.2) is 60.7 Å². The van der Waals surface area contributed by atoms with Crippen LogP contribution >= 0.6 is 0 Å². The lowest BCUT2D eigenvalue weighted by molar-refractivity contribution is -0.149. The van der Waals surface area contributed by atoms with Crippen molar-refractivity contribution >= 4 is 23.5 Å². The molecule has 152 valence electrons. The molecule has 29 heavy (non-hydrogen) atoms. The zero-order chi connectivity index (χ0) is 21.2. The van der Waals surface area contributed by atoms with E-state index in [4.69, 9.17) is 9.47 Å². The number of ether oxygens (including phenoxy) is 2. The van der Waals surface area contributed by atoms with E-state index < -0.39 is 35.3 Å². The van der Waals surface area contributed by atoms with Crippen LogP contribution in [0.5, 0.6) is 0 Å². The standard InChI is InChI=1S/C23H24O6/c1-3-28-22(26)18(20(24)16-11-7-5-8-12-16)15-19(23(27)29-4-2)21(25)17-13-9-6-10-14-17/h5-14,18-19H,3-4,15H2,1-2H3/t18-,19-/m0/s1. The highest BCUT2D eigenvalue weighted by atomic mass is 16.5. The van der Waals surface area contributed by atoms with Gasteiger partial charge >= 0.3 is 11.9 Å². The molecule has 2 rings (SSSR count). The van der Waals surface area contributed by atoms with E-state index in [-0.39, 0.29) is 19.6 Å². The summed E-state index contributed by atoms with van der Waals surface area (Å²) in [5.41, 5.74) is 0.612. The second-order valence-electron chi connectivity index (χ2n) is 6.31. The van der Waals surface area contributed by atoms with Crippen LogP contribution in [0.4, 0.5) is 0 Å². The Balaban J connectivity index is 2.38. The van der Waals surface area contributed by atoms with Crippen LogP contribution in [0.2, 0.25) is 0 Å². The highest BCUT2D eigenvalue weighted by molar-refractivity contribution is 6.12. The first-order chi connectivity index (χ1) is 14.0. The second kappa shape index (κ2) is 10.9. The number of rotatable bonds is 10. The largest absolute Gasteiger partial charge is 0.465 e. The SMILES string of the molecule is CCOC(=O)[C@@H](C[C@H](C(=O)OCC)C(=O)c1ccccc1)C(=O)c1ccccc1. The maximum atomic E-state index is 13.0. The monoisotopic (exact) mass is 396 g/mol. The first-order valence-electron chi connectivity index (χ1n) is 9.51. The van der Waals surface area contributed by atoms with Crippen molar-refractivity contribution in [3.05, 3.63) is 71.8 Å². The van der Waals surface area contributed by atoms with Gasteiger partial charge in [-0.25, -0.2) is 0 Å². The predicted octanol–water partition coefficient (Wildman–Crippen LogP) is 3.50. The molecule has 6 nitrogen and oxygen atoms in total. The van der Waals surface area contributed by atoms with Gasteiger partial charge in [-0.3, -0.25) is 19.2 Å². The fourth-order valence-corrected chi connectivity index (χ4v) is 2.95. The minimum absolute atomic E-state index is 0.0775. The van der Waals surface area contributed by atoms with Crippen LogP contribution < -0.4 is 0 Å². The molecule has 0 bridgehead atoms. The van der Waals surface area contributed by atoms with Gasteiger partial charge in [0.15, 0.2) is 11.6 Å². The van der Waals surface area contributed by atoms with Crippen LogP contribution in [0.25, 0.3) is 0 Å². The maximum Gasteiger partial charge on any atom is 0.316 e. The Morgan fingerprint density at radius 3 is 1.31 bits per heavy atom. The van der Waals surface area contributed by atoms with Crippen LogP contribution in [-0.4, -0.2) is 36.7 Å². The van der Waals surface area contributed by atoms with E-state index in [9.17, 15) is 19.2 Å². The van der Waals surface area contributed by atoms with Gasteiger partial charge < -0.3 is 9.47 Å². The molecule has 6 heteroatoms. The molecule has 0 aromatic heterocycles. The number of benzene rings is 2. The lowest BCUT2D eigenvalue weighted by Gasteiger charge is -2.20. The Hall–Kier alpha value is -3.28. The third kappa shape index (κ3) is 5.85. The molecule has 0 amide bonds. The lowest BCUT2D eigenvalue weighted by atomic mass is 9.84. The van der Waals surface area contributed by atoms with E-state index >= 15 is 0 Å². The third-order valence-corrected chi connectivity index (χ3v) is 4.36. The molecular weight excluding hydrogens is 372 g/mol. The highest BCUT2D eigenvalue weighted by Gasteiger charge is 2.38. The van der Waals surface area contributed by atoms with E-state index in [0.29, 0.717) is 11.1 Å². The van der Waals surface area contributed by atoms with E-state index in [2.05, 4.69) is 0 Å². The molecule has 0 radical (unpaired) electrons. The minimum atomic E-state index is -1.29. The molecule has 0 saturated heterocycles. The second-order valence-corrected chi connectivity index (χ2v) is 6.31. The van der Waals surface area contributed by atoms with Gasteiger partial charge in [0.05, 0.1) is 13.2 Å². The van der Waals surface area contributed by atoms with Gasteiger partial charge in [-0.05, 0) is 20.3 Å². The van der Waals surface area contributed by atoms with Gasteiger partial charge in [-0.15, -0.1) is 0 Å². The van der Waals surface area contributed by atoms with E-state index in [1.165, 1.54) is 0 Å². The van der Waals surface area contributed by atoms with Crippen LogP contribution in [0, 0.1) is 11.8 Å². The summed E-state index contributed by atoms with van der Waals surface area (Å²) < 4.78 is 10.1. The van der Waals surface area contributed by atoms with Crippen molar-refractivity contribution in [1.29, 1.82) is 0 Å². The summed E-state index contributed by atoms with van der Waals surface area (Å²) in [5.74, 6) is -5.12. The number of esters is 2. The number of hydrogen-bond acceptors (Lipinski definition) is 6.